The molecule has 0 aliphatic carbocycles. The SMILES string of the molecule is COCOC(C=O)C[C@H]1OC(C)(C)O[C@]1(C)/C=C/C(CCOCc1ccc(OC)cc1)OC1CCCCO1. The van der Waals surface area contributed by atoms with Gasteiger partial charge in [0.1, 0.15) is 30.5 Å². The van der Waals surface area contributed by atoms with E-state index >= 15 is 0 Å². The van der Waals surface area contributed by atoms with E-state index in [1.54, 1.807) is 7.11 Å². The highest BCUT2D eigenvalue weighted by molar-refractivity contribution is 5.56. The standard InChI is InChI=1S/C29H44O9/c1-28(2)37-26(18-25(19-30)35-21-31-4)29(3,38-28)15-13-24(36-27-8-6-7-16-34-27)14-17-33-20-22-9-11-23(32-5)12-10-22/h9-13,15,19,24-27H,6-8,14,16-18,20-21H2,1-5H3/b15-13+/t24?,25?,26-,27?,29-/m1/s1. The quantitative estimate of drug-likeness (QED) is 0.131. The Kier molecular flexibility index (Phi) is 12.2. The molecule has 0 amide bonds. The number of hydrogen-bond donors (Lipinski definition) is 0. The molecule has 3 unspecified atom stereocenters. The highest BCUT2D eigenvalue weighted by Crippen LogP contribution is 2.40. The third-order valence-corrected chi connectivity index (χ3v) is 6.61. The molecule has 9 nitrogen and oxygen atoms in total. The van der Waals surface area contributed by atoms with Crippen LogP contribution in [-0.2, 0) is 44.6 Å². The number of carbonyl (C=O) groups excluding carboxylic acids is 1. The van der Waals surface area contributed by atoms with Crippen molar-refractivity contribution in [3.8, 4) is 5.75 Å². The van der Waals surface area contributed by atoms with Crippen molar-refractivity contribution in [3.63, 3.8) is 0 Å². The summed E-state index contributed by atoms with van der Waals surface area (Å²) < 4.78 is 46.2. The van der Waals surface area contributed by atoms with Gasteiger partial charge in [-0.15, -0.1) is 0 Å². The topological polar surface area (TPSA) is 90.9 Å². The fourth-order valence-corrected chi connectivity index (χ4v) is 4.66. The van der Waals surface area contributed by atoms with E-state index in [-0.39, 0.29) is 19.2 Å². The molecular weight excluding hydrogens is 492 g/mol. The number of carbonyl (C=O) groups is 1. The summed E-state index contributed by atoms with van der Waals surface area (Å²) in [6.45, 7) is 7.42. The Balaban J connectivity index is 1.64. The lowest BCUT2D eigenvalue weighted by Gasteiger charge is -2.29. The van der Waals surface area contributed by atoms with Crippen LogP contribution in [0.4, 0.5) is 0 Å². The van der Waals surface area contributed by atoms with Crippen molar-refractivity contribution in [2.45, 2.75) is 95.5 Å². The van der Waals surface area contributed by atoms with Crippen molar-refractivity contribution in [3.05, 3.63) is 42.0 Å². The molecule has 0 spiro atoms. The molecule has 5 atom stereocenters. The largest absolute Gasteiger partial charge is 0.497 e. The maximum absolute atomic E-state index is 11.6. The van der Waals surface area contributed by atoms with Crippen molar-refractivity contribution in [1.82, 2.24) is 0 Å². The number of hydrogen-bond acceptors (Lipinski definition) is 9. The molecule has 1 aromatic rings. The Morgan fingerprint density at radius 1 is 1.11 bits per heavy atom. The van der Waals surface area contributed by atoms with E-state index in [1.165, 1.54) is 7.11 Å². The van der Waals surface area contributed by atoms with Crippen LogP contribution in [0.2, 0.25) is 0 Å². The first-order chi connectivity index (χ1) is 18.3. The molecule has 0 N–H and O–H groups in total. The number of benzene rings is 1. The average Bonchev–Trinajstić information content (AvgIpc) is 3.15. The van der Waals surface area contributed by atoms with Crippen molar-refractivity contribution < 1.29 is 42.7 Å². The highest BCUT2D eigenvalue weighted by Gasteiger charge is 2.49. The van der Waals surface area contributed by atoms with Crippen LogP contribution in [0.5, 0.6) is 5.75 Å². The normalized spacial score (nSPS) is 26.9. The molecule has 2 heterocycles. The molecule has 3 rings (SSSR count). The van der Waals surface area contributed by atoms with Crippen molar-refractivity contribution >= 4 is 6.29 Å². The van der Waals surface area contributed by atoms with Gasteiger partial charge in [0.15, 0.2) is 12.1 Å². The number of rotatable bonds is 16. The molecule has 2 saturated heterocycles. The van der Waals surface area contributed by atoms with Crippen molar-refractivity contribution in [2.24, 2.45) is 0 Å². The lowest BCUT2D eigenvalue weighted by Crippen LogP contribution is -2.38. The first-order valence-electron chi connectivity index (χ1n) is 13.4. The first kappa shape index (κ1) is 30.7. The molecule has 0 bridgehead atoms. The average molecular weight is 537 g/mol. The van der Waals surface area contributed by atoms with Crippen LogP contribution in [0, 0.1) is 0 Å². The van der Waals surface area contributed by atoms with E-state index in [1.807, 2.05) is 57.2 Å². The molecule has 2 aliphatic heterocycles. The Hall–Kier alpha value is -1.85. The van der Waals surface area contributed by atoms with Gasteiger partial charge in [0, 0.05) is 33.2 Å². The number of methoxy groups -OCH3 is 2. The fourth-order valence-electron chi connectivity index (χ4n) is 4.66. The molecule has 2 aliphatic rings. The van der Waals surface area contributed by atoms with Crippen LogP contribution in [0.25, 0.3) is 0 Å². The molecule has 0 saturated carbocycles. The van der Waals surface area contributed by atoms with Crippen LogP contribution in [-0.4, -0.2) is 76.5 Å². The molecule has 214 valence electrons. The third-order valence-electron chi connectivity index (χ3n) is 6.61. The third kappa shape index (κ3) is 9.72. The van der Waals surface area contributed by atoms with Gasteiger partial charge in [0.25, 0.3) is 0 Å². The zero-order chi connectivity index (χ0) is 27.4. The zero-order valence-electron chi connectivity index (χ0n) is 23.4. The van der Waals surface area contributed by atoms with Gasteiger partial charge in [-0.25, -0.2) is 0 Å². The smallest absolute Gasteiger partial charge is 0.164 e. The van der Waals surface area contributed by atoms with Crippen molar-refractivity contribution in [1.29, 1.82) is 0 Å². The predicted octanol–water partition coefficient (Wildman–Crippen LogP) is 4.56. The molecule has 38 heavy (non-hydrogen) atoms. The second kappa shape index (κ2) is 15.1. The van der Waals surface area contributed by atoms with Gasteiger partial charge in [0.05, 0.1) is 25.9 Å². The molecule has 0 aromatic heterocycles. The van der Waals surface area contributed by atoms with Crippen LogP contribution in [0.1, 0.15) is 58.4 Å². The fraction of sp³-hybridized carbons (Fsp3) is 0.690. The predicted molar refractivity (Wildman–Crippen MR) is 141 cm³/mol. The summed E-state index contributed by atoms with van der Waals surface area (Å²) in [5.74, 6) is 0.000554. The van der Waals surface area contributed by atoms with Gasteiger partial charge in [-0.2, -0.15) is 0 Å². The minimum atomic E-state index is -0.817. The summed E-state index contributed by atoms with van der Waals surface area (Å²) in [5.41, 5.74) is 0.282. The minimum absolute atomic E-state index is 0.0285. The van der Waals surface area contributed by atoms with Gasteiger partial charge < -0.3 is 42.7 Å². The first-order valence-corrected chi connectivity index (χ1v) is 13.4. The van der Waals surface area contributed by atoms with Crippen LogP contribution in [0.3, 0.4) is 0 Å². The summed E-state index contributed by atoms with van der Waals surface area (Å²) in [6.07, 6.45) is 7.14. The van der Waals surface area contributed by atoms with E-state index in [9.17, 15) is 4.79 Å². The van der Waals surface area contributed by atoms with Gasteiger partial charge in [-0.3, -0.25) is 0 Å². The maximum atomic E-state index is 11.6. The monoisotopic (exact) mass is 536 g/mol. The van der Waals surface area contributed by atoms with E-state index in [0.29, 0.717) is 32.7 Å². The second-order valence-electron chi connectivity index (χ2n) is 10.3. The number of ether oxygens (including phenoxy) is 8. The summed E-state index contributed by atoms with van der Waals surface area (Å²) in [6, 6.07) is 7.83. The molecule has 2 fully saturated rings. The lowest BCUT2D eigenvalue weighted by atomic mass is 9.93. The van der Waals surface area contributed by atoms with Crippen LogP contribution >= 0.6 is 0 Å². The van der Waals surface area contributed by atoms with Gasteiger partial charge in [-0.1, -0.05) is 24.3 Å². The Morgan fingerprint density at radius 3 is 2.55 bits per heavy atom. The molecular formula is C29H44O9. The summed E-state index contributed by atoms with van der Waals surface area (Å²) >= 11 is 0. The molecule has 1 aromatic carbocycles. The highest BCUT2D eigenvalue weighted by atomic mass is 16.8. The second-order valence-corrected chi connectivity index (χ2v) is 10.3. The van der Waals surface area contributed by atoms with E-state index < -0.39 is 23.6 Å². The maximum Gasteiger partial charge on any atom is 0.164 e. The lowest BCUT2D eigenvalue weighted by molar-refractivity contribution is -0.181. The van der Waals surface area contributed by atoms with Crippen LogP contribution in [0.15, 0.2) is 36.4 Å². The Bertz CT molecular complexity index is 850. The molecule has 0 radical (unpaired) electrons. The van der Waals surface area contributed by atoms with E-state index in [4.69, 9.17) is 37.9 Å². The zero-order valence-corrected chi connectivity index (χ0v) is 23.4. The van der Waals surface area contributed by atoms with Crippen LogP contribution < -0.4 is 4.74 Å². The van der Waals surface area contributed by atoms with Gasteiger partial charge in [-0.05, 0) is 57.7 Å². The Labute approximate surface area is 226 Å². The van der Waals surface area contributed by atoms with Gasteiger partial charge >= 0.3 is 0 Å². The van der Waals surface area contributed by atoms with Crippen molar-refractivity contribution in [2.75, 3.05) is 34.2 Å². The van der Waals surface area contributed by atoms with Gasteiger partial charge in [0.2, 0.25) is 0 Å². The summed E-state index contributed by atoms with van der Waals surface area (Å²) in [5, 5.41) is 0. The van der Waals surface area contributed by atoms with E-state index in [2.05, 4.69) is 0 Å². The summed E-state index contributed by atoms with van der Waals surface area (Å²) in [7, 11) is 3.17. The summed E-state index contributed by atoms with van der Waals surface area (Å²) in [4.78, 5) is 11.6. The minimum Gasteiger partial charge on any atom is -0.497 e. The van der Waals surface area contributed by atoms with E-state index in [0.717, 1.165) is 36.9 Å². The Morgan fingerprint density at radius 2 is 1.89 bits per heavy atom. The molecule has 9 heteroatoms. The number of aldehydes is 1.